The van der Waals surface area contributed by atoms with E-state index in [-0.39, 0.29) is 17.7 Å². The van der Waals surface area contributed by atoms with E-state index in [0.29, 0.717) is 12.8 Å². The third-order valence-corrected chi connectivity index (χ3v) is 4.85. The molecule has 2 aromatic carbocycles. The van der Waals surface area contributed by atoms with E-state index in [4.69, 9.17) is 0 Å². The number of amides is 2. The van der Waals surface area contributed by atoms with Crippen LogP contribution < -0.4 is 5.32 Å². The molecule has 0 aromatic heterocycles. The van der Waals surface area contributed by atoms with Crippen LogP contribution in [0.1, 0.15) is 29.9 Å². The second-order valence-electron chi connectivity index (χ2n) is 5.35. The molecule has 3 nitrogen and oxygen atoms in total. The molecular formula is C18H17NO2S. The monoisotopic (exact) mass is 311 g/mol. The molecule has 0 saturated carbocycles. The summed E-state index contributed by atoms with van der Waals surface area (Å²) in [5.41, 5.74) is 2.27. The van der Waals surface area contributed by atoms with Crippen LogP contribution in [0.3, 0.4) is 0 Å². The number of hydrogen-bond donors (Lipinski definition) is 1. The molecule has 1 unspecified atom stereocenters. The average molecular weight is 311 g/mol. The Morgan fingerprint density at radius 2 is 1.73 bits per heavy atom. The summed E-state index contributed by atoms with van der Waals surface area (Å²) in [5.74, 6) is 0.376. The predicted octanol–water partition coefficient (Wildman–Crippen LogP) is 3.50. The maximum Gasteiger partial charge on any atom is 0.234 e. The van der Waals surface area contributed by atoms with Gasteiger partial charge in [-0.3, -0.25) is 14.9 Å². The predicted molar refractivity (Wildman–Crippen MR) is 87.6 cm³/mol. The van der Waals surface area contributed by atoms with E-state index in [2.05, 4.69) is 17.4 Å². The highest BCUT2D eigenvalue weighted by molar-refractivity contribution is 7.98. The highest BCUT2D eigenvalue weighted by Crippen LogP contribution is 2.28. The molecule has 2 aromatic rings. The summed E-state index contributed by atoms with van der Waals surface area (Å²) in [5, 5.41) is 2.41. The molecule has 112 valence electrons. The number of carbonyl (C=O) groups is 2. The minimum Gasteiger partial charge on any atom is -0.296 e. The number of rotatable bonds is 4. The molecule has 0 radical (unpaired) electrons. The zero-order valence-corrected chi connectivity index (χ0v) is 12.9. The summed E-state index contributed by atoms with van der Waals surface area (Å²) >= 11 is 1.78. The topological polar surface area (TPSA) is 46.2 Å². The van der Waals surface area contributed by atoms with Crippen molar-refractivity contribution >= 4 is 23.6 Å². The maximum absolute atomic E-state index is 11.9. The van der Waals surface area contributed by atoms with Crippen molar-refractivity contribution in [3.8, 4) is 0 Å². The summed E-state index contributed by atoms with van der Waals surface area (Å²) in [6.07, 6.45) is 1.02. The molecule has 0 spiro atoms. The summed E-state index contributed by atoms with van der Waals surface area (Å²) in [6, 6.07) is 18.4. The highest BCUT2D eigenvalue weighted by atomic mass is 32.2. The van der Waals surface area contributed by atoms with Crippen LogP contribution >= 0.6 is 11.8 Å². The Labute approximate surface area is 134 Å². The van der Waals surface area contributed by atoms with Crippen molar-refractivity contribution in [2.45, 2.75) is 29.4 Å². The Balaban J connectivity index is 1.63. The van der Waals surface area contributed by atoms with Gasteiger partial charge in [-0.2, -0.15) is 0 Å². The number of hydrogen-bond acceptors (Lipinski definition) is 3. The lowest BCUT2D eigenvalue weighted by molar-refractivity contribution is -0.134. The number of nitrogens with one attached hydrogen (secondary N) is 1. The minimum atomic E-state index is -0.203. The van der Waals surface area contributed by atoms with E-state index in [9.17, 15) is 9.59 Å². The molecular weight excluding hydrogens is 294 g/mol. The molecule has 1 aliphatic heterocycles. The first kappa shape index (κ1) is 14.9. The van der Waals surface area contributed by atoms with Crippen molar-refractivity contribution in [3.63, 3.8) is 0 Å². The van der Waals surface area contributed by atoms with Crippen molar-refractivity contribution < 1.29 is 9.59 Å². The normalized spacial score (nSPS) is 18.1. The van der Waals surface area contributed by atoms with Crippen LogP contribution in [0.25, 0.3) is 0 Å². The van der Waals surface area contributed by atoms with Crippen LogP contribution in [0.5, 0.6) is 0 Å². The van der Waals surface area contributed by atoms with E-state index >= 15 is 0 Å². The first-order chi connectivity index (χ1) is 10.7. The van der Waals surface area contributed by atoms with Gasteiger partial charge >= 0.3 is 0 Å². The van der Waals surface area contributed by atoms with E-state index in [1.165, 1.54) is 10.5 Å². The Morgan fingerprint density at radius 1 is 1.00 bits per heavy atom. The lowest BCUT2D eigenvalue weighted by atomic mass is 9.91. The first-order valence-electron chi connectivity index (χ1n) is 7.33. The molecule has 4 heteroatoms. The fraction of sp³-hybridized carbons (Fsp3) is 0.222. The number of thioether (sulfide) groups is 1. The van der Waals surface area contributed by atoms with Gasteiger partial charge in [0.2, 0.25) is 11.8 Å². The van der Waals surface area contributed by atoms with Gasteiger partial charge in [0, 0.05) is 17.1 Å². The summed E-state index contributed by atoms with van der Waals surface area (Å²) in [6.45, 7) is 0. The molecule has 2 amide bonds. The lowest BCUT2D eigenvalue weighted by Gasteiger charge is -2.21. The van der Waals surface area contributed by atoms with Crippen LogP contribution in [0.2, 0.25) is 0 Å². The molecule has 3 rings (SSSR count). The van der Waals surface area contributed by atoms with Crippen molar-refractivity contribution in [1.82, 2.24) is 5.32 Å². The number of carbonyl (C=O) groups excluding carboxylic acids is 2. The summed E-state index contributed by atoms with van der Waals surface area (Å²) in [7, 11) is 0. The van der Waals surface area contributed by atoms with Gasteiger partial charge in [0.25, 0.3) is 0 Å². The zero-order chi connectivity index (χ0) is 15.4. The van der Waals surface area contributed by atoms with E-state index in [1.807, 2.05) is 42.5 Å². The quantitative estimate of drug-likeness (QED) is 0.694. The van der Waals surface area contributed by atoms with Crippen molar-refractivity contribution in [2.75, 3.05) is 0 Å². The summed E-state index contributed by atoms with van der Waals surface area (Å²) in [4.78, 5) is 24.2. The molecule has 1 atom stereocenters. The van der Waals surface area contributed by atoms with Crippen molar-refractivity contribution in [2.24, 2.45) is 0 Å². The molecule has 22 heavy (non-hydrogen) atoms. The standard InChI is InChI=1S/C18H17NO2S/c20-17-11-10-16(18(21)19-17)14-6-8-15(9-7-14)22-12-13-4-2-1-3-5-13/h1-9,16H,10-12H2,(H,19,20,21). The smallest absolute Gasteiger partial charge is 0.234 e. The van der Waals surface area contributed by atoms with Gasteiger partial charge in [-0.15, -0.1) is 11.8 Å². The van der Waals surface area contributed by atoms with Gasteiger partial charge in [-0.1, -0.05) is 42.5 Å². The van der Waals surface area contributed by atoms with Crippen molar-refractivity contribution in [3.05, 3.63) is 65.7 Å². The molecule has 1 N–H and O–H groups in total. The lowest BCUT2D eigenvalue weighted by Crippen LogP contribution is -2.39. The SMILES string of the molecule is O=C1CCC(c2ccc(SCc3ccccc3)cc2)C(=O)N1. The molecule has 1 fully saturated rings. The summed E-state index contributed by atoms with van der Waals surface area (Å²) < 4.78 is 0. The Morgan fingerprint density at radius 3 is 2.41 bits per heavy atom. The Bertz CT molecular complexity index is 667. The van der Waals surface area contributed by atoms with Gasteiger partial charge in [-0.05, 0) is 29.7 Å². The van der Waals surface area contributed by atoms with Gasteiger partial charge in [-0.25, -0.2) is 0 Å². The van der Waals surface area contributed by atoms with Gasteiger partial charge in [0.15, 0.2) is 0 Å². The second-order valence-corrected chi connectivity index (χ2v) is 6.40. The average Bonchev–Trinajstić information content (AvgIpc) is 2.55. The Kier molecular flexibility index (Phi) is 4.59. The van der Waals surface area contributed by atoms with E-state index < -0.39 is 0 Å². The molecule has 1 saturated heterocycles. The van der Waals surface area contributed by atoms with Crippen LogP contribution in [0.15, 0.2) is 59.5 Å². The van der Waals surface area contributed by atoms with Gasteiger partial charge in [0.1, 0.15) is 0 Å². The van der Waals surface area contributed by atoms with Crippen LogP contribution in [-0.4, -0.2) is 11.8 Å². The third kappa shape index (κ3) is 3.57. The molecule has 1 aliphatic rings. The van der Waals surface area contributed by atoms with Gasteiger partial charge in [0.05, 0.1) is 5.92 Å². The Hall–Kier alpha value is -2.07. The van der Waals surface area contributed by atoms with E-state index in [0.717, 1.165) is 11.3 Å². The third-order valence-electron chi connectivity index (χ3n) is 3.77. The largest absolute Gasteiger partial charge is 0.296 e. The highest BCUT2D eigenvalue weighted by Gasteiger charge is 2.27. The van der Waals surface area contributed by atoms with Crippen LogP contribution in [0.4, 0.5) is 0 Å². The minimum absolute atomic E-state index is 0.170. The fourth-order valence-electron chi connectivity index (χ4n) is 2.55. The number of imide groups is 1. The number of piperidine rings is 1. The van der Waals surface area contributed by atoms with Crippen LogP contribution in [0, 0.1) is 0 Å². The van der Waals surface area contributed by atoms with Gasteiger partial charge < -0.3 is 0 Å². The number of benzene rings is 2. The van der Waals surface area contributed by atoms with Crippen molar-refractivity contribution in [1.29, 1.82) is 0 Å². The maximum atomic E-state index is 11.9. The zero-order valence-electron chi connectivity index (χ0n) is 12.1. The molecule has 0 aliphatic carbocycles. The van der Waals surface area contributed by atoms with Crippen LogP contribution in [-0.2, 0) is 15.3 Å². The second kappa shape index (κ2) is 6.79. The molecule has 0 bridgehead atoms. The van der Waals surface area contributed by atoms with E-state index in [1.54, 1.807) is 11.8 Å². The fourth-order valence-corrected chi connectivity index (χ4v) is 3.40. The first-order valence-corrected chi connectivity index (χ1v) is 8.31. The molecule has 1 heterocycles.